The van der Waals surface area contributed by atoms with Gasteiger partial charge in [-0.3, -0.25) is 9.59 Å². The monoisotopic (exact) mass is 390 g/mol. The van der Waals surface area contributed by atoms with Crippen molar-refractivity contribution in [3.05, 3.63) is 94.4 Å². The van der Waals surface area contributed by atoms with Crippen LogP contribution in [0.2, 0.25) is 0 Å². The van der Waals surface area contributed by atoms with Crippen LogP contribution in [0.5, 0.6) is 0 Å². The van der Waals surface area contributed by atoms with Crippen molar-refractivity contribution in [3.8, 4) is 16.3 Å². The van der Waals surface area contributed by atoms with Gasteiger partial charge in [-0.25, -0.2) is 4.68 Å². The van der Waals surface area contributed by atoms with Crippen LogP contribution in [0, 0.1) is 0 Å². The second-order valence-corrected chi connectivity index (χ2v) is 7.10. The van der Waals surface area contributed by atoms with Gasteiger partial charge in [0.05, 0.1) is 11.4 Å². The summed E-state index contributed by atoms with van der Waals surface area (Å²) in [5.41, 5.74) is 2.12. The highest BCUT2D eigenvalue weighted by molar-refractivity contribution is 7.13. The van der Waals surface area contributed by atoms with Crippen LogP contribution in [-0.2, 0) is 6.54 Å². The minimum Gasteiger partial charge on any atom is -0.350 e. The lowest BCUT2D eigenvalue weighted by Crippen LogP contribution is -2.31. The van der Waals surface area contributed by atoms with Gasteiger partial charge in [0.15, 0.2) is 0 Å². The molecular weight excluding hydrogens is 372 g/mol. The number of thiophene rings is 1. The maximum Gasteiger partial charge on any atom is 0.266 e. The number of carbonyl (C=O) groups is 1. The highest BCUT2D eigenvalue weighted by Crippen LogP contribution is 2.21. The molecule has 140 valence electrons. The quantitative estimate of drug-likeness (QED) is 0.550. The van der Waals surface area contributed by atoms with E-state index >= 15 is 0 Å². The summed E-state index contributed by atoms with van der Waals surface area (Å²) in [5.74, 6) is -0.179. The second kappa shape index (κ2) is 8.06. The molecule has 0 radical (unpaired) electrons. The molecule has 1 aromatic carbocycles. The molecule has 0 saturated heterocycles. The fourth-order valence-electron chi connectivity index (χ4n) is 2.83. The molecule has 4 rings (SSSR count). The maximum atomic E-state index is 12.3. The number of nitrogens with zero attached hydrogens (tertiary/aromatic N) is 3. The van der Waals surface area contributed by atoms with Crippen LogP contribution in [-0.4, -0.2) is 26.8 Å². The molecule has 0 spiro atoms. The van der Waals surface area contributed by atoms with Crippen molar-refractivity contribution >= 4 is 17.2 Å². The molecule has 0 aliphatic rings. The molecule has 0 saturated carbocycles. The number of hydrogen-bond donors (Lipinski definition) is 1. The van der Waals surface area contributed by atoms with E-state index in [1.807, 2.05) is 58.7 Å². The third-order valence-electron chi connectivity index (χ3n) is 4.28. The van der Waals surface area contributed by atoms with E-state index in [0.29, 0.717) is 18.7 Å². The number of nitrogens with one attached hydrogen (secondary N) is 1. The van der Waals surface area contributed by atoms with Crippen LogP contribution >= 0.6 is 11.3 Å². The molecule has 0 bridgehead atoms. The van der Waals surface area contributed by atoms with Gasteiger partial charge in [0, 0.05) is 36.3 Å². The Morgan fingerprint density at radius 2 is 1.79 bits per heavy atom. The molecule has 0 unspecified atom stereocenters. The van der Waals surface area contributed by atoms with Crippen LogP contribution in [0.25, 0.3) is 16.3 Å². The van der Waals surface area contributed by atoms with E-state index in [0.717, 1.165) is 16.3 Å². The highest BCUT2D eigenvalue weighted by atomic mass is 32.1. The molecular formula is C21H18N4O2S. The summed E-state index contributed by atoms with van der Waals surface area (Å²) in [6.07, 6.45) is 3.90. The summed E-state index contributed by atoms with van der Waals surface area (Å²) in [6, 6.07) is 18.4. The standard InChI is InChI=1S/C21H18N4O2S/c26-20-10-9-18(19-4-3-15-28-19)23-25(20)14-11-22-21(27)16-5-7-17(8-6-16)24-12-1-2-13-24/h1-10,12-13,15H,11,14H2,(H,22,27). The summed E-state index contributed by atoms with van der Waals surface area (Å²) < 4.78 is 3.35. The topological polar surface area (TPSA) is 68.9 Å². The Morgan fingerprint density at radius 3 is 2.50 bits per heavy atom. The van der Waals surface area contributed by atoms with Crippen LogP contribution in [0.15, 0.2) is 83.2 Å². The van der Waals surface area contributed by atoms with Crippen LogP contribution in [0.1, 0.15) is 10.4 Å². The van der Waals surface area contributed by atoms with E-state index in [1.165, 1.54) is 10.7 Å². The third kappa shape index (κ3) is 3.94. The number of carbonyl (C=O) groups excluding carboxylic acids is 1. The average Bonchev–Trinajstić information content (AvgIpc) is 3.44. The van der Waals surface area contributed by atoms with Gasteiger partial charge < -0.3 is 9.88 Å². The van der Waals surface area contributed by atoms with Crippen molar-refractivity contribution in [3.63, 3.8) is 0 Å². The van der Waals surface area contributed by atoms with Gasteiger partial charge in [0.2, 0.25) is 0 Å². The zero-order valence-electron chi connectivity index (χ0n) is 15.0. The van der Waals surface area contributed by atoms with Gasteiger partial charge >= 0.3 is 0 Å². The summed E-state index contributed by atoms with van der Waals surface area (Å²) >= 11 is 1.57. The fourth-order valence-corrected chi connectivity index (χ4v) is 3.52. The lowest BCUT2D eigenvalue weighted by Gasteiger charge is -2.09. The molecule has 6 nitrogen and oxygen atoms in total. The molecule has 7 heteroatoms. The normalized spacial score (nSPS) is 10.7. The summed E-state index contributed by atoms with van der Waals surface area (Å²) in [5, 5.41) is 9.19. The zero-order chi connectivity index (χ0) is 19.3. The molecule has 0 aliphatic heterocycles. The number of aromatic nitrogens is 3. The molecule has 1 N–H and O–H groups in total. The van der Waals surface area contributed by atoms with Crippen molar-refractivity contribution in [2.75, 3.05) is 6.54 Å². The Bertz CT molecular complexity index is 1110. The van der Waals surface area contributed by atoms with E-state index in [2.05, 4.69) is 10.4 Å². The Balaban J connectivity index is 1.38. The highest BCUT2D eigenvalue weighted by Gasteiger charge is 2.07. The van der Waals surface area contributed by atoms with Gasteiger partial charge in [-0.2, -0.15) is 5.10 Å². The molecule has 3 aromatic heterocycles. The molecule has 0 atom stereocenters. The Morgan fingerprint density at radius 1 is 1.00 bits per heavy atom. The van der Waals surface area contributed by atoms with Crippen molar-refractivity contribution < 1.29 is 4.79 Å². The smallest absolute Gasteiger partial charge is 0.266 e. The van der Waals surface area contributed by atoms with E-state index < -0.39 is 0 Å². The van der Waals surface area contributed by atoms with Gasteiger partial charge in [-0.15, -0.1) is 11.3 Å². The first kappa shape index (κ1) is 17.9. The van der Waals surface area contributed by atoms with Gasteiger partial charge in [0.25, 0.3) is 11.5 Å². The second-order valence-electron chi connectivity index (χ2n) is 6.15. The predicted molar refractivity (Wildman–Crippen MR) is 110 cm³/mol. The largest absolute Gasteiger partial charge is 0.350 e. The van der Waals surface area contributed by atoms with Crippen molar-refractivity contribution in [2.24, 2.45) is 0 Å². The fraction of sp³-hybridized carbons (Fsp3) is 0.0952. The van der Waals surface area contributed by atoms with Gasteiger partial charge in [-0.05, 0) is 53.9 Å². The number of rotatable bonds is 6. The molecule has 4 aromatic rings. The lowest BCUT2D eigenvalue weighted by molar-refractivity contribution is 0.0952. The molecule has 0 fully saturated rings. The third-order valence-corrected chi connectivity index (χ3v) is 5.17. The first-order valence-corrected chi connectivity index (χ1v) is 9.72. The minimum atomic E-state index is -0.189. The molecule has 3 heterocycles. The van der Waals surface area contributed by atoms with E-state index in [4.69, 9.17) is 0 Å². The summed E-state index contributed by atoms with van der Waals surface area (Å²) in [4.78, 5) is 25.4. The number of hydrogen-bond acceptors (Lipinski definition) is 4. The molecule has 1 amide bonds. The first-order chi connectivity index (χ1) is 13.7. The maximum absolute atomic E-state index is 12.3. The van der Waals surface area contributed by atoms with Crippen molar-refractivity contribution in [2.45, 2.75) is 6.54 Å². The molecule has 28 heavy (non-hydrogen) atoms. The number of amides is 1. The summed E-state index contributed by atoms with van der Waals surface area (Å²) in [7, 11) is 0. The van der Waals surface area contributed by atoms with Crippen molar-refractivity contribution in [1.82, 2.24) is 19.7 Å². The van der Waals surface area contributed by atoms with E-state index in [1.54, 1.807) is 29.5 Å². The summed E-state index contributed by atoms with van der Waals surface area (Å²) in [6.45, 7) is 0.629. The Kier molecular flexibility index (Phi) is 5.16. The van der Waals surface area contributed by atoms with Gasteiger partial charge in [0.1, 0.15) is 5.69 Å². The number of benzene rings is 1. The SMILES string of the molecule is O=C(NCCn1nc(-c2cccs2)ccc1=O)c1ccc(-n2cccc2)cc1. The minimum absolute atomic E-state index is 0.179. The first-order valence-electron chi connectivity index (χ1n) is 8.84. The average molecular weight is 390 g/mol. The zero-order valence-corrected chi connectivity index (χ0v) is 15.8. The van der Waals surface area contributed by atoms with E-state index in [9.17, 15) is 9.59 Å². The van der Waals surface area contributed by atoms with Gasteiger partial charge in [-0.1, -0.05) is 6.07 Å². The Labute approximate surface area is 165 Å². The van der Waals surface area contributed by atoms with Crippen molar-refractivity contribution in [1.29, 1.82) is 0 Å². The van der Waals surface area contributed by atoms with Crippen LogP contribution in [0.3, 0.4) is 0 Å². The lowest BCUT2D eigenvalue weighted by atomic mass is 10.2. The predicted octanol–water partition coefficient (Wildman–Crippen LogP) is 3.19. The van der Waals surface area contributed by atoms with Crippen LogP contribution in [0.4, 0.5) is 0 Å². The van der Waals surface area contributed by atoms with Crippen LogP contribution < -0.4 is 10.9 Å². The Hall–Kier alpha value is -3.45. The molecule has 0 aliphatic carbocycles. The van der Waals surface area contributed by atoms with E-state index in [-0.39, 0.29) is 11.5 Å².